The van der Waals surface area contributed by atoms with Crippen molar-refractivity contribution in [3.05, 3.63) is 42.5 Å². The minimum atomic E-state index is -3.24. The third-order valence-electron chi connectivity index (χ3n) is 4.49. The lowest BCUT2D eigenvalue weighted by Gasteiger charge is -2.33. The number of carbonyl (C=O) groups excluding carboxylic acids is 2. The van der Waals surface area contributed by atoms with Crippen molar-refractivity contribution < 1.29 is 22.7 Å². The Morgan fingerprint density at radius 2 is 1.71 bits per heavy atom. The molecule has 1 amide bonds. The van der Waals surface area contributed by atoms with Crippen LogP contribution in [0, 0.1) is 0 Å². The van der Waals surface area contributed by atoms with E-state index in [1.807, 2.05) is 42.5 Å². The molecule has 3 rings (SSSR count). The number of fused-ring (bicyclic) bond motifs is 1. The van der Waals surface area contributed by atoms with Crippen LogP contribution in [0.2, 0.25) is 0 Å². The van der Waals surface area contributed by atoms with Crippen LogP contribution in [0.1, 0.15) is 0 Å². The van der Waals surface area contributed by atoms with Crippen molar-refractivity contribution in [2.45, 2.75) is 4.90 Å². The molecule has 7 nitrogen and oxygen atoms in total. The number of benzene rings is 2. The van der Waals surface area contributed by atoms with Crippen LogP contribution < -0.4 is 0 Å². The van der Waals surface area contributed by atoms with E-state index < -0.39 is 16.0 Å². The summed E-state index contributed by atoms with van der Waals surface area (Å²) in [5, 5.41) is 2.24. The monoisotopic (exact) mass is 422 g/mol. The summed E-state index contributed by atoms with van der Waals surface area (Å²) in [7, 11) is -3.24. The Balaban J connectivity index is 1.42. The van der Waals surface area contributed by atoms with Gasteiger partial charge in [0.2, 0.25) is 10.0 Å². The Bertz CT molecular complexity index is 969. The number of piperazine rings is 1. The van der Waals surface area contributed by atoms with Gasteiger partial charge < -0.3 is 9.64 Å². The van der Waals surface area contributed by atoms with Crippen molar-refractivity contribution in [2.24, 2.45) is 0 Å². The molecule has 2 aromatic rings. The number of hydrogen-bond acceptors (Lipinski definition) is 6. The van der Waals surface area contributed by atoms with Crippen molar-refractivity contribution in [2.75, 3.05) is 44.8 Å². The zero-order valence-electron chi connectivity index (χ0n) is 15.5. The van der Waals surface area contributed by atoms with Gasteiger partial charge in [-0.3, -0.25) is 9.59 Å². The minimum absolute atomic E-state index is 0.119. The van der Waals surface area contributed by atoms with E-state index in [2.05, 4.69) is 0 Å². The zero-order chi connectivity index (χ0) is 20.1. The third kappa shape index (κ3) is 5.46. The van der Waals surface area contributed by atoms with Crippen LogP contribution in [0.25, 0.3) is 10.8 Å². The molecule has 2 aromatic carbocycles. The Morgan fingerprint density at radius 3 is 2.39 bits per heavy atom. The first kappa shape index (κ1) is 20.6. The number of amides is 1. The van der Waals surface area contributed by atoms with E-state index in [1.165, 1.54) is 21.0 Å². The Hall–Kier alpha value is -2.10. The molecule has 0 radical (unpaired) electrons. The molecule has 28 heavy (non-hydrogen) atoms. The fraction of sp³-hybridized carbons (Fsp3) is 0.368. The molecule has 1 saturated heterocycles. The van der Waals surface area contributed by atoms with Gasteiger partial charge in [0, 0.05) is 31.1 Å². The van der Waals surface area contributed by atoms with E-state index in [1.54, 1.807) is 0 Å². The molecule has 0 spiro atoms. The first-order chi connectivity index (χ1) is 13.3. The summed E-state index contributed by atoms with van der Waals surface area (Å²) in [5.74, 6) is -0.647. The number of carbonyl (C=O) groups is 2. The lowest BCUT2D eigenvalue weighted by molar-refractivity contribution is -0.150. The average Bonchev–Trinajstić information content (AvgIpc) is 2.69. The summed E-state index contributed by atoms with van der Waals surface area (Å²) in [6, 6.07) is 13.9. The standard InChI is InChI=1S/C19H22N2O5S2/c1-28(24,25)21-10-8-20(9-11-21)18(22)13-26-19(23)14-27-17-7-6-15-4-2-3-5-16(15)12-17/h2-7,12H,8-11,13-14H2,1H3. The van der Waals surface area contributed by atoms with Crippen molar-refractivity contribution >= 4 is 44.4 Å². The van der Waals surface area contributed by atoms with Gasteiger partial charge in [0.25, 0.3) is 5.91 Å². The van der Waals surface area contributed by atoms with E-state index in [0.29, 0.717) is 13.1 Å². The lowest BCUT2D eigenvalue weighted by atomic mass is 10.1. The summed E-state index contributed by atoms with van der Waals surface area (Å²) in [6.07, 6.45) is 1.15. The largest absolute Gasteiger partial charge is 0.455 e. The predicted octanol–water partition coefficient (Wildman–Crippen LogP) is 1.58. The molecule has 0 unspecified atom stereocenters. The average molecular weight is 423 g/mol. The molecule has 0 aliphatic carbocycles. The Morgan fingerprint density at radius 1 is 1.04 bits per heavy atom. The molecule has 1 fully saturated rings. The molecule has 150 valence electrons. The van der Waals surface area contributed by atoms with E-state index in [4.69, 9.17) is 4.74 Å². The molecular formula is C19H22N2O5S2. The SMILES string of the molecule is CS(=O)(=O)N1CCN(C(=O)COC(=O)CSc2ccc3ccccc3c2)CC1. The number of rotatable bonds is 6. The normalized spacial score (nSPS) is 15.5. The van der Waals surface area contributed by atoms with Crippen LogP contribution in [0.4, 0.5) is 0 Å². The van der Waals surface area contributed by atoms with Gasteiger partial charge in [-0.2, -0.15) is 4.31 Å². The number of sulfonamides is 1. The molecule has 0 saturated carbocycles. The van der Waals surface area contributed by atoms with Crippen molar-refractivity contribution in [1.29, 1.82) is 0 Å². The fourth-order valence-electron chi connectivity index (χ4n) is 2.94. The highest BCUT2D eigenvalue weighted by Gasteiger charge is 2.26. The van der Waals surface area contributed by atoms with Crippen LogP contribution in [-0.4, -0.2) is 74.3 Å². The maximum absolute atomic E-state index is 12.2. The van der Waals surface area contributed by atoms with Crippen LogP contribution in [0.3, 0.4) is 0 Å². The van der Waals surface area contributed by atoms with Crippen molar-refractivity contribution in [3.63, 3.8) is 0 Å². The number of thioether (sulfide) groups is 1. The molecule has 0 N–H and O–H groups in total. The van der Waals surface area contributed by atoms with Gasteiger partial charge in [0.15, 0.2) is 6.61 Å². The van der Waals surface area contributed by atoms with Gasteiger partial charge in [-0.25, -0.2) is 8.42 Å². The summed E-state index contributed by atoms with van der Waals surface area (Å²) < 4.78 is 29.4. The molecule has 1 aliphatic rings. The number of esters is 1. The summed E-state index contributed by atoms with van der Waals surface area (Å²) in [5.41, 5.74) is 0. The maximum Gasteiger partial charge on any atom is 0.316 e. The smallest absolute Gasteiger partial charge is 0.316 e. The maximum atomic E-state index is 12.2. The van der Waals surface area contributed by atoms with Gasteiger partial charge >= 0.3 is 5.97 Å². The zero-order valence-corrected chi connectivity index (χ0v) is 17.2. The van der Waals surface area contributed by atoms with Crippen LogP contribution >= 0.6 is 11.8 Å². The van der Waals surface area contributed by atoms with Crippen LogP contribution in [0.5, 0.6) is 0 Å². The van der Waals surface area contributed by atoms with Crippen LogP contribution in [-0.2, 0) is 24.3 Å². The first-order valence-corrected chi connectivity index (χ1v) is 11.7. The fourth-order valence-corrected chi connectivity index (χ4v) is 4.51. The predicted molar refractivity (Wildman–Crippen MR) is 109 cm³/mol. The van der Waals surface area contributed by atoms with Crippen molar-refractivity contribution in [1.82, 2.24) is 9.21 Å². The van der Waals surface area contributed by atoms with Crippen molar-refractivity contribution in [3.8, 4) is 0 Å². The summed E-state index contributed by atoms with van der Waals surface area (Å²) in [4.78, 5) is 26.6. The van der Waals surface area contributed by atoms with Gasteiger partial charge in [-0.15, -0.1) is 11.8 Å². The molecule has 0 bridgehead atoms. The minimum Gasteiger partial charge on any atom is -0.455 e. The van der Waals surface area contributed by atoms with Gasteiger partial charge in [-0.1, -0.05) is 30.3 Å². The third-order valence-corrected chi connectivity index (χ3v) is 6.77. The highest BCUT2D eigenvalue weighted by molar-refractivity contribution is 8.00. The second kappa shape index (κ2) is 8.93. The second-order valence-electron chi connectivity index (χ2n) is 6.50. The van der Waals surface area contributed by atoms with Crippen LogP contribution in [0.15, 0.2) is 47.4 Å². The quantitative estimate of drug-likeness (QED) is 0.519. The summed E-state index contributed by atoms with van der Waals surface area (Å²) >= 11 is 1.36. The molecule has 1 heterocycles. The van der Waals surface area contributed by atoms with E-state index >= 15 is 0 Å². The topological polar surface area (TPSA) is 84.0 Å². The Kier molecular flexibility index (Phi) is 6.58. The van der Waals surface area contributed by atoms with Gasteiger partial charge in [0.05, 0.1) is 12.0 Å². The lowest BCUT2D eigenvalue weighted by Crippen LogP contribution is -2.51. The number of ether oxygens (including phenoxy) is 1. The highest BCUT2D eigenvalue weighted by atomic mass is 32.2. The van der Waals surface area contributed by atoms with E-state index in [9.17, 15) is 18.0 Å². The van der Waals surface area contributed by atoms with E-state index in [0.717, 1.165) is 21.9 Å². The second-order valence-corrected chi connectivity index (χ2v) is 9.53. The molecule has 0 aromatic heterocycles. The van der Waals surface area contributed by atoms with Gasteiger partial charge in [0.1, 0.15) is 0 Å². The van der Waals surface area contributed by atoms with E-state index in [-0.39, 0.29) is 31.4 Å². The molecule has 1 aliphatic heterocycles. The molecule has 0 atom stereocenters. The number of hydrogen-bond donors (Lipinski definition) is 0. The van der Waals surface area contributed by atoms with Gasteiger partial charge in [-0.05, 0) is 22.9 Å². The first-order valence-electron chi connectivity index (χ1n) is 8.83. The molecule has 9 heteroatoms. The summed E-state index contributed by atoms with van der Waals surface area (Å²) in [6.45, 7) is 0.799. The highest BCUT2D eigenvalue weighted by Crippen LogP contribution is 2.23. The Labute approximate surface area is 168 Å². The number of nitrogens with zero attached hydrogens (tertiary/aromatic N) is 2. The molecular weight excluding hydrogens is 400 g/mol.